The molecule has 2 aromatic rings. The molecule has 94 valence electrons. The van der Waals surface area contributed by atoms with Gasteiger partial charge in [0.1, 0.15) is 0 Å². The van der Waals surface area contributed by atoms with Gasteiger partial charge in [-0.05, 0) is 17.7 Å². The molecule has 0 saturated carbocycles. The molecular weight excluding hydrogens is 247 g/mol. The van der Waals surface area contributed by atoms with E-state index in [1.165, 1.54) is 18.3 Å². The number of rotatable bonds is 1. The summed E-state index contributed by atoms with van der Waals surface area (Å²) in [6, 6.07) is 4.38. The van der Waals surface area contributed by atoms with Crippen molar-refractivity contribution in [2.45, 2.75) is 6.18 Å². The Hall–Kier alpha value is -2.31. The number of H-pyrrole nitrogens is 1. The van der Waals surface area contributed by atoms with E-state index in [2.05, 4.69) is 9.97 Å². The van der Waals surface area contributed by atoms with Crippen LogP contribution in [-0.2, 0) is 6.18 Å². The zero-order valence-corrected chi connectivity index (χ0v) is 8.95. The number of alkyl halides is 3. The minimum Gasteiger partial charge on any atom is -0.379 e. The van der Waals surface area contributed by atoms with E-state index >= 15 is 0 Å². The van der Waals surface area contributed by atoms with Crippen LogP contribution in [0, 0.1) is 0 Å². The van der Waals surface area contributed by atoms with Crippen LogP contribution in [0.3, 0.4) is 0 Å². The lowest BCUT2D eigenvalue weighted by atomic mass is 10.1. The van der Waals surface area contributed by atoms with Crippen molar-refractivity contribution in [2.75, 3.05) is 5.73 Å². The Balaban J connectivity index is 2.40. The number of nitrogens with one attached hydrogen (secondary N) is 1. The van der Waals surface area contributed by atoms with Crippen LogP contribution < -0.4 is 11.3 Å². The van der Waals surface area contributed by atoms with Crippen molar-refractivity contribution < 1.29 is 13.2 Å². The molecule has 0 fully saturated rings. The summed E-state index contributed by atoms with van der Waals surface area (Å²) in [7, 11) is 0. The van der Waals surface area contributed by atoms with Crippen molar-refractivity contribution in [3.63, 3.8) is 0 Å². The summed E-state index contributed by atoms with van der Waals surface area (Å²) >= 11 is 0. The molecule has 2 rings (SSSR count). The highest BCUT2D eigenvalue weighted by Crippen LogP contribution is 2.30. The number of hydrogen-bond acceptors (Lipinski definition) is 3. The highest BCUT2D eigenvalue weighted by Gasteiger charge is 2.29. The summed E-state index contributed by atoms with van der Waals surface area (Å²) in [5.74, 6) is -0.189. The van der Waals surface area contributed by atoms with Gasteiger partial charge < -0.3 is 10.7 Å². The van der Waals surface area contributed by atoms with Gasteiger partial charge in [0.05, 0.1) is 17.5 Å². The summed E-state index contributed by atoms with van der Waals surface area (Å²) in [4.78, 5) is 17.3. The maximum absolute atomic E-state index is 12.4. The Morgan fingerprint density at radius 2 is 1.78 bits per heavy atom. The molecule has 18 heavy (non-hydrogen) atoms. The number of halogens is 3. The minimum absolute atomic E-state index is 0.189. The molecular formula is C11H8F3N3O. The molecule has 1 heterocycles. The Labute approximate surface area is 99.3 Å². The van der Waals surface area contributed by atoms with Gasteiger partial charge in [-0.3, -0.25) is 4.79 Å². The van der Waals surface area contributed by atoms with Crippen molar-refractivity contribution >= 4 is 5.82 Å². The zero-order chi connectivity index (χ0) is 13.3. The third kappa shape index (κ3) is 2.34. The Morgan fingerprint density at radius 3 is 2.28 bits per heavy atom. The zero-order valence-electron chi connectivity index (χ0n) is 8.95. The van der Waals surface area contributed by atoms with E-state index < -0.39 is 17.3 Å². The van der Waals surface area contributed by atoms with E-state index in [0.717, 1.165) is 12.1 Å². The standard InChI is InChI=1S/C11H8F3N3O/c12-11(13,14)7-3-1-6(2-4-7)8-5-16-9(15)10(18)17-8/h1-5H,(H2,15,16)(H,17,18). The first-order valence-corrected chi connectivity index (χ1v) is 4.90. The molecule has 1 aromatic heterocycles. The second-order valence-corrected chi connectivity index (χ2v) is 3.59. The number of hydrogen-bond donors (Lipinski definition) is 2. The van der Waals surface area contributed by atoms with Gasteiger partial charge in [-0.1, -0.05) is 12.1 Å². The topological polar surface area (TPSA) is 71.8 Å². The van der Waals surface area contributed by atoms with E-state index in [9.17, 15) is 18.0 Å². The van der Waals surface area contributed by atoms with Crippen molar-refractivity contribution in [3.8, 4) is 11.3 Å². The fourth-order valence-electron chi connectivity index (χ4n) is 1.40. The van der Waals surface area contributed by atoms with Gasteiger partial charge in [0, 0.05) is 0 Å². The highest BCUT2D eigenvalue weighted by atomic mass is 19.4. The number of anilines is 1. The number of nitrogens with two attached hydrogens (primary N) is 1. The largest absolute Gasteiger partial charge is 0.416 e. The average molecular weight is 255 g/mol. The van der Waals surface area contributed by atoms with Crippen LogP contribution in [0.5, 0.6) is 0 Å². The summed E-state index contributed by atoms with van der Waals surface area (Å²) in [6.07, 6.45) is -3.09. The average Bonchev–Trinajstić information content (AvgIpc) is 2.32. The third-order valence-corrected chi connectivity index (χ3v) is 2.34. The van der Waals surface area contributed by atoms with Crippen LogP contribution in [0.25, 0.3) is 11.3 Å². The molecule has 0 atom stereocenters. The van der Waals surface area contributed by atoms with E-state index in [1.54, 1.807) is 0 Å². The van der Waals surface area contributed by atoms with E-state index in [1.807, 2.05) is 0 Å². The van der Waals surface area contributed by atoms with Crippen molar-refractivity contribution in [1.82, 2.24) is 9.97 Å². The lowest BCUT2D eigenvalue weighted by Gasteiger charge is -2.07. The van der Waals surface area contributed by atoms with Crippen molar-refractivity contribution in [1.29, 1.82) is 0 Å². The molecule has 0 aliphatic rings. The smallest absolute Gasteiger partial charge is 0.379 e. The number of aromatic nitrogens is 2. The van der Waals surface area contributed by atoms with Gasteiger partial charge >= 0.3 is 6.18 Å². The second-order valence-electron chi connectivity index (χ2n) is 3.59. The summed E-state index contributed by atoms with van der Waals surface area (Å²) in [5, 5.41) is 0. The first kappa shape index (κ1) is 12.2. The van der Waals surface area contributed by atoms with Gasteiger partial charge in [0.2, 0.25) is 0 Å². The predicted molar refractivity (Wildman–Crippen MR) is 59.7 cm³/mol. The molecule has 0 saturated heterocycles. The van der Waals surface area contributed by atoms with E-state index in [-0.39, 0.29) is 5.82 Å². The van der Waals surface area contributed by atoms with Crippen LogP contribution >= 0.6 is 0 Å². The Bertz CT molecular complexity index is 617. The fourth-order valence-corrected chi connectivity index (χ4v) is 1.40. The number of nitrogens with zero attached hydrogens (tertiary/aromatic N) is 1. The van der Waals surface area contributed by atoms with Crippen molar-refractivity contribution in [3.05, 3.63) is 46.4 Å². The minimum atomic E-state index is -4.38. The monoisotopic (exact) mass is 255 g/mol. The summed E-state index contributed by atoms with van der Waals surface area (Å²) < 4.78 is 37.1. The summed E-state index contributed by atoms with van der Waals surface area (Å²) in [6.45, 7) is 0. The van der Waals surface area contributed by atoms with Crippen LogP contribution in [0.15, 0.2) is 35.3 Å². The third-order valence-electron chi connectivity index (χ3n) is 2.34. The first-order valence-electron chi connectivity index (χ1n) is 4.90. The van der Waals surface area contributed by atoms with Gasteiger partial charge in [0.15, 0.2) is 5.82 Å². The highest BCUT2D eigenvalue weighted by molar-refractivity contribution is 5.59. The van der Waals surface area contributed by atoms with E-state index in [0.29, 0.717) is 11.3 Å². The van der Waals surface area contributed by atoms with Crippen molar-refractivity contribution in [2.24, 2.45) is 0 Å². The maximum atomic E-state index is 12.4. The van der Waals surface area contributed by atoms with E-state index in [4.69, 9.17) is 5.73 Å². The molecule has 7 heteroatoms. The number of aromatic amines is 1. The molecule has 0 unspecified atom stereocenters. The molecule has 0 bridgehead atoms. The van der Waals surface area contributed by atoms with Gasteiger partial charge in [-0.15, -0.1) is 0 Å². The molecule has 0 aliphatic heterocycles. The number of benzene rings is 1. The molecule has 0 aliphatic carbocycles. The van der Waals surface area contributed by atoms with Gasteiger partial charge in [-0.2, -0.15) is 13.2 Å². The van der Waals surface area contributed by atoms with Crippen LogP contribution in [0.1, 0.15) is 5.56 Å². The van der Waals surface area contributed by atoms with Crippen LogP contribution in [-0.4, -0.2) is 9.97 Å². The molecule has 0 radical (unpaired) electrons. The lowest BCUT2D eigenvalue weighted by Crippen LogP contribution is -2.14. The number of nitrogen functional groups attached to an aromatic ring is 1. The first-order chi connectivity index (χ1) is 8.38. The normalized spacial score (nSPS) is 11.5. The Morgan fingerprint density at radius 1 is 1.17 bits per heavy atom. The quantitative estimate of drug-likeness (QED) is 0.819. The molecule has 0 spiro atoms. The fraction of sp³-hybridized carbons (Fsp3) is 0.0909. The molecule has 1 aromatic carbocycles. The second kappa shape index (κ2) is 4.17. The Kier molecular flexibility index (Phi) is 2.82. The van der Waals surface area contributed by atoms with Gasteiger partial charge in [-0.25, -0.2) is 4.98 Å². The molecule has 4 nitrogen and oxygen atoms in total. The van der Waals surface area contributed by atoms with Gasteiger partial charge in [0.25, 0.3) is 5.56 Å². The SMILES string of the molecule is Nc1ncc(-c2ccc(C(F)(F)F)cc2)[nH]c1=O. The molecule has 3 N–H and O–H groups in total. The van der Waals surface area contributed by atoms with Crippen LogP contribution in [0.2, 0.25) is 0 Å². The molecule has 0 amide bonds. The predicted octanol–water partition coefficient (Wildman–Crippen LogP) is 2.04. The summed E-state index contributed by atoms with van der Waals surface area (Å²) in [5.41, 5.74) is 4.65. The maximum Gasteiger partial charge on any atom is 0.416 e. The lowest BCUT2D eigenvalue weighted by molar-refractivity contribution is -0.137. The van der Waals surface area contributed by atoms with Crippen LogP contribution in [0.4, 0.5) is 19.0 Å².